The minimum absolute atomic E-state index is 0.206. The average Bonchev–Trinajstić information content (AvgIpc) is 2.84. The molecule has 1 aromatic heterocycles. The molecule has 0 saturated carbocycles. The van der Waals surface area contributed by atoms with Crippen molar-refractivity contribution in [3.05, 3.63) is 81.3 Å². The Hall–Kier alpha value is -2.20. The van der Waals surface area contributed by atoms with Crippen molar-refractivity contribution >= 4 is 27.8 Å². The van der Waals surface area contributed by atoms with E-state index in [2.05, 4.69) is 57.5 Å². The molecule has 2 nitrogen and oxygen atoms in total. The van der Waals surface area contributed by atoms with Gasteiger partial charge in [0, 0.05) is 33.3 Å². The van der Waals surface area contributed by atoms with Crippen LogP contribution in [0, 0.1) is 26.6 Å². The van der Waals surface area contributed by atoms with Gasteiger partial charge in [-0.2, -0.15) is 0 Å². The van der Waals surface area contributed by atoms with Crippen molar-refractivity contribution in [2.75, 3.05) is 0 Å². The number of hydrogen-bond acceptors (Lipinski definition) is 1. The minimum atomic E-state index is -0.206. The van der Waals surface area contributed by atoms with Gasteiger partial charge in [0.25, 0.3) is 0 Å². The Labute approximate surface area is 149 Å². The van der Waals surface area contributed by atoms with Crippen molar-refractivity contribution in [1.29, 1.82) is 0 Å². The van der Waals surface area contributed by atoms with Gasteiger partial charge in [0.2, 0.25) is 0 Å². The standard InChI is InChI=1S/C20H18BrFN2/c1-13-10-18(6-9-20(13)22)23-12-16-11-14(2)24(15(16)3)19-7-4-17(21)5-8-19/h4-12H,1-3H3. The van der Waals surface area contributed by atoms with Gasteiger partial charge in [-0.25, -0.2) is 4.39 Å². The molecule has 0 aliphatic rings. The quantitative estimate of drug-likeness (QED) is 0.488. The maximum atomic E-state index is 13.3. The lowest BCUT2D eigenvalue weighted by atomic mass is 10.2. The molecule has 0 aliphatic heterocycles. The molecule has 24 heavy (non-hydrogen) atoms. The van der Waals surface area contributed by atoms with E-state index in [4.69, 9.17) is 0 Å². The monoisotopic (exact) mass is 384 g/mol. The predicted octanol–water partition coefficient (Wildman–Crippen LogP) is 6.05. The molecule has 0 spiro atoms. The molecule has 0 radical (unpaired) electrons. The Morgan fingerprint density at radius 2 is 1.71 bits per heavy atom. The Morgan fingerprint density at radius 1 is 1.00 bits per heavy atom. The van der Waals surface area contributed by atoms with Gasteiger partial charge in [-0.15, -0.1) is 0 Å². The molecule has 0 fully saturated rings. The van der Waals surface area contributed by atoms with Crippen molar-refractivity contribution in [2.45, 2.75) is 20.8 Å². The van der Waals surface area contributed by atoms with Crippen LogP contribution in [0.2, 0.25) is 0 Å². The van der Waals surface area contributed by atoms with Gasteiger partial charge in [0.05, 0.1) is 5.69 Å². The van der Waals surface area contributed by atoms with Crippen molar-refractivity contribution in [3.63, 3.8) is 0 Å². The number of aliphatic imine (C=N–C) groups is 1. The van der Waals surface area contributed by atoms with Gasteiger partial charge < -0.3 is 4.57 Å². The van der Waals surface area contributed by atoms with Crippen molar-refractivity contribution in [3.8, 4) is 5.69 Å². The molecule has 0 unspecified atom stereocenters. The minimum Gasteiger partial charge on any atom is -0.318 e. The van der Waals surface area contributed by atoms with Crippen molar-refractivity contribution in [2.24, 2.45) is 4.99 Å². The summed E-state index contributed by atoms with van der Waals surface area (Å²) < 4.78 is 16.6. The molecular formula is C20H18BrFN2. The van der Waals surface area contributed by atoms with Gasteiger partial charge in [-0.05, 0) is 74.9 Å². The topological polar surface area (TPSA) is 17.3 Å². The van der Waals surface area contributed by atoms with Crippen LogP contribution in [0.1, 0.15) is 22.5 Å². The fourth-order valence-electron chi connectivity index (χ4n) is 2.76. The summed E-state index contributed by atoms with van der Waals surface area (Å²) in [7, 11) is 0. The first-order chi connectivity index (χ1) is 11.5. The second kappa shape index (κ2) is 6.73. The third-order valence-corrected chi connectivity index (χ3v) is 4.58. The van der Waals surface area contributed by atoms with Crippen LogP contribution in [0.25, 0.3) is 5.69 Å². The van der Waals surface area contributed by atoms with Gasteiger partial charge in [-0.1, -0.05) is 15.9 Å². The molecule has 1 heterocycles. The summed E-state index contributed by atoms with van der Waals surface area (Å²) in [5, 5.41) is 0. The maximum Gasteiger partial charge on any atom is 0.126 e. The Morgan fingerprint density at radius 3 is 2.38 bits per heavy atom. The first-order valence-electron chi connectivity index (χ1n) is 7.71. The SMILES string of the molecule is Cc1cc(N=Cc2cc(C)n(-c3ccc(Br)cc3)c2C)ccc1F. The van der Waals surface area contributed by atoms with Crippen LogP contribution >= 0.6 is 15.9 Å². The molecule has 0 amide bonds. The van der Waals surface area contributed by atoms with E-state index in [1.807, 2.05) is 18.3 Å². The Kier molecular flexibility index (Phi) is 4.67. The zero-order chi connectivity index (χ0) is 17.3. The number of aromatic nitrogens is 1. The van der Waals surface area contributed by atoms with Crippen LogP contribution in [-0.2, 0) is 0 Å². The van der Waals surface area contributed by atoms with Crippen LogP contribution < -0.4 is 0 Å². The first kappa shape index (κ1) is 16.7. The summed E-state index contributed by atoms with van der Waals surface area (Å²) in [5.74, 6) is -0.206. The molecule has 3 rings (SSSR count). The van der Waals surface area contributed by atoms with E-state index in [9.17, 15) is 4.39 Å². The summed E-state index contributed by atoms with van der Waals surface area (Å²) in [6.07, 6.45) is 1.84. The zero-order valence-corrected chi connectivity index (χ0v) is 15.4. The highest BCUT2D eigenvalue weighted by Crippen LogP contribution is 2.22. The molecule has 0 bridgehead atoms. The largest absolute Gasteiger partial charge is 0.318 e. The van der Waals surface area contributed by atoms with Gasteiger partial charge in [0.1, 0.15) is 5.82 Å². The number of aryl methyl sites for hydroxylation is 2. The van der Waals surface area contributed by atoms with Crippen molar-refractivity contribution < 1.29 is 4.39 Å². The molecule has 0 aliphatic carbocycles. The van der Waals surface area contributed by atoms with Crippen LogP contribution in [-0.4, -0.2) is 10.8 Å². The Bertz CT molecular complexity index is 908. The van der Waals surface area contributed by atoms with Crippen LogP contribution in [0.15, 0.2) is 58.0 Å². The lowest BCUT2D eigenvalue weighted by Crippen LogP contribution is -1.99. The highest BCUT2D eigenvalue weighted by molar-refractivity contribution is 9.10. The molecule has 0 atom stereocenters. The smallest absolute Gasteiger partial charge is 0.126 e. The average molecular weight is 385 g/mol. The van der Waals surface area contributed by atoms with Crippen LogP contribution in [0.4, 0.5) is 10.1 Å². The highest BCUT2D eigenvalue weighted by Gasteiger charge is 2.09. The number of nitrogens with zero attached hydrogens (tertiary/aromatic N) is 2. The van der Waals surface area contributed by atoms with E-state index in [-0.39, 0.29) is 5.82 Å². The van der Waals surface area contributed by atoms with Crippen LogP contribution in [0.3, 0.4) is 0 Å². The summed E-state index contributed by atoms with van der Waals surface area (Å²) in [4.78, 5) is 4.49. The second-order valence-electron chi connectivity index (χ2n) is 5.83. The molecule has 2 aromatic carbocycles. The third-order valence-electron chi connectivity index (χ3n) is 4.05. The van der Waals surface area contributed by atoms with E-state index in [1.54, 1.807) is 19.1 Å². The van der Waals surface area contributed by atoms with E-state index in [0.29, 0.717) is 5.56 Å². The first-order valence-corrected chi connectivity index (χ1v) is 8.50. The molecule has 0 saturated heterocycles. The van der Waals surface area contributed by atoms with E-state index in [1.165, 1.54) is 6.07 Å². The molecule has 122 valence electrons. The number of benzene rings is 2. The Balaban J connectivity index is 1.95. The molecule has 3 aromatic rings. The summed E-state index contributed by atoms with van der Waals surface area (Å²) in [6, 6.07) is 15.2. The van der Waals surface area contributed by atoms with Gasteiger partial charge in [-0.3, -0.25) is 4.99 Å². The van der Waals surface area contributed by atoms with E-state index < -0.39 is 0 Å². The predicted molar refractivity (Wildman–Crippen MR) is 101 cm³/mol. The summed E-state index contributed by atoms with van der Waals surface area (Å²) >= 11 is 3.46. The number of rotatable bonds is 3. The number of halogens is 2. The van der Waals surface area contributed by atoms with E-state index in [0.717, 1.165) is 32.8 Å². The van der Waals surface area contributed by atoms with Gasteiger partial charge in [0.15, 0.2) is 0 Å². The summed E-state index contributed by atoms with van der Waals surface area (Å²) in [5.41, 5.74) is 5.79. The van der Waals surface area contributed by atoms with Crippen LogP contribution in [0.5, 0.6) is 0 Å². The van der Waals surface area contributed by atoms with Gasteiger partial charge >= 0.3 is 0 Å². The molecule has 4 heteroatoms. The fraction of sp³-hybridized carbons (Fsp3) is 0.150. The highest BCUT2D eigenvalue weighted by atomic mass is 79.9. The van der Waals surface area contributed by atoms with E-state index >= 15 is 0 Å². The lowest BCUT2D eigenvalue weighted by molar-refractivity contribution is 0.618. The summed E-state index contributed by atoms with van der Waals surface area (Å²) in [6.45, 7) is 5.90. The lowest BCUT2D eigenvalue weighted by Gasteiger charge is -2.09. The second-order valence-corrected chi connectivity index (χ2v) is 6.75. The number of hydrogen-bond donors (Lipinski definition) is 0. The third kappa shape index (κ3) is 3.34. The molecular weight excluding hydrogens is 367 g/mol. The molecule has 0 N–H and O–H groups in total. The normalized spacial score (nSPS) is 11.4. The fourth-order valence-corrected chi connectivity index (χ4v) is 3.02. The van der Waals surface area contributed by atoms with Crippen molar-refractivity contribution in [1.82, 2.24) is 4.57 Å². The maximum absolute atomic E-state index is 13.3. The zero-order valence-electron chi connectivity index (χ0n) is 13.8.